The molecule has 0 amide bonds. The van der Waals surface area contributed by atoms with Crippen molar-refractivity contribution >= 4 is 71.7 Å². The molecule has 0 aliphatic rings. The standard InChI is InChI=1S/C4H2F3N.C4H5F3.C4H2N2.C4H3NO2.C3F3N.C3H3F3.C3N2.C3HNO2.C3H2N.C2H2N2.CN2.CH2O.CH2S.5CH2.29U/c1-3(8-2)4(5,6)7;1-3(2)4(5,6)7;1-4(3-5)6-2;1-3(5-2)4(6)7;1-7-2-3(4,5)6;1-2-3(4,5)6;1-5-3-2-4;1-4-2-3(5)6;1-3-4-2;1-4-2-3;2-1-3;2*1-2;;;;;;;;;;;;;;;;;;;;;;;;;;;;;;;;;;/h1H2;1H2,2H3;1H2;1H2,(H,6,7);;1H3;;(H,5,6);2*1H2;;2*1H2;5*1H2;;;;;;;;;;;;;;;;;;;;;;;;;;;;;/q;;;;;;;;-1;;;;;;;;;;;;;;;;;;;;;;;;;;;;;;;;;;;;;;. The first kappa shape index (κ1) is 247. The van der Waals surface area contributed by atoms with Crippen LogP contribution in [0.2, 0.25) is 0 Å². The number of nitriles is 4. The molecule has 18 nitrogen and oxygen atoms in total. The molecule has 0 radical (unpaired) electrons. The van der Waals surface area contributed by atoms with Gasteiger partial charge in [0.2, 0.25) is 6.19 Å². The molecule has 0 aromatic rings. The Hall–Kier alpha value is 19.8. The van der Waals surface area contributed by atoms with E-state index < -0.39 is 190 Å². The number of rotatable bonds is 2. The Kier molecular flexibility index (Phi) is 480. The van der Waals surface area contributed by atoms with Crippen LogP contribution in [0.3, 0.4) is 0 Å². The molecular weight excluding hydrogens is 7920 g/mol. The zero-order valence-electron chi connectivity index (χ0n) is 51.6. The van der Waals surface area contributed by atoms with Gasteiger partial charge in [0.05, 0.1) is 25.8 Å². The summed E-state index contributed by atoms with van der Waals surface area (Å²) in [5, 5.41) is 46.9. The zero-order valence-corrected chi connectivity index (χ0v) is 173. The van der Waals surface area contributed by atoms with Crippen LogP contribution >= 0.6 is 12.2 Å². The van der Waals surface area contributed by atoms with Gasteiger partial charge in [-0.05, 0) is 12.8 Å². The van der Waals surface area contributed by atoms with Crippen molar-refractivity contribution in [2.45, 2.75) is 38.6 Å². The van der Waals surface area contributed by atoms with Gasteiger partial charge in [-0.2, -0.15) is 36.6 Å². The Morgan fingerprint density at radius 1 is 0.465 bits per heavy atom. The van der Waals surface area contributed by atoms with Gasteiger partial charge in [0.25, 0.3) is 17.1 Å². The summed E-state index contributed by atoms with van der Waals surface area (Å²) in [6.45, 7) is 63.8. The van der Waals surface area contributed by atoms with Crippen molar-refractivity contribution in [2.24, 2.45) is 7.25 Å². The smallest absolute Gasteiger partial charge is 0 e. The fourth-order valence-corrected chi connectivity index (χ4v) is 4.65. The molecule has 0 heterocycles. The number of halogens is 12. The first-order valence-corrected chi connectivity index (χ1v) is 41.7. The minimum absolute atomic E-state index is 0. The molecule has 0 atom stereocenters. The number of carboxylic acid groups (broad SMARTS) is 2. The number of hydrogen-bond acceptors (Lipinski definition) is 10. The van der Waals surface area contributed by atoms with Crippen LogP contribution in [-0.4, -0.2) is 94.4 Å². The van der Waals surface area contributed by atoms with Gasteiger partial charge in [-0.1, -0.05) is 44.7 Å². The molecule has 0 aliphatic carbocycles. The fraction of sp³-hybridized carbons (Fsp3) is 0.146. The van der Waals surface area contributed by atoms with Crippen molar-refractivity contribution in [3.63, 3.8) is 0 Å². The maximum atomic E-state index is 11.5. The summed E-state index contributed by atoms with van der Waals surface area (Å²) in [6, 6.07) is 3.36. The molecule has 0 saturated heterocycles. The van der Waals surface area contributed by atoms with Gasteiger partial charge < -0.3 is 14.7 Å². The third kappa shape index (κ3) is 261. The quantitative estimate of drug-likeness (QED) is 0.0388. The summed E-state index contributed by atoms with van der Waals surface area (Å²) in [5.41, 5.74) is -2.64. The topological polar surface area (TPSA) is 242 Å². The van der Waals surface area contributed by atoms with Crippen molar-refractivity contribution < 1.29 is 958 Å². The van der Waals surface area contributed by atoms with Gasteiger partial charge in [0.1, 0.15) is 6.79 Å². The van der Waals surface area contributed by atoms with Gasteiger partial charge in [-0.15, -0.1) is 0 Å². The summed E-state index contributed by atoms with van der Waals surface area (Å²) < 4.78 is 155. The predicted molar refractivity (Wildman–Crippen MR) is 254 cm³/mol. The zero-order chi connectivity index (χ0) is 65.2. The van der Waals surface area contributed by atoms with E-state index in [-0.39, 0.29) is 758 Å². The molecule has 101 heavy (non-hydrogen) atoms. The van der Waals surface area contributed by atoms with Crippen LogP contribution in [0.1, 0.15) is 13.8 Å². The maximum absolute atomic E-state index is 11.5. The second-order valence-corrected chi connectivity index (χ2v) is 26.1. The molecule has 0 spiro atoms. The van der Waals surface area contributed by atoms with E-state index in [1.165, 1.54) is 6.19 Å². The second-order valence-electron chi connectivity index (χ2n) is 8.89. The van der Waals surface area contributed by atoms with E-state index in [0.717, 1.165) is 13.8 Å². The van der Waals surface area contributed by atoms with E-state index in [4.69, 9.17) is 82.1 Å². The summed E-state index contributed by atoms with van der Waals surface area (Å²) in [6.07, 6.45) is -12.1. The van der Waals surface area contributed by atoms with Crippen LogP contribution in [0.4, 0.5) is 52.7 Å². The molecule has 0 unspecified atom stereocenters. The first-order valence-electron chi connectivity index (χ1n) is 16.2. The van der Waals surface area contributed by atoms with Gasteiger partial charge in [0, 0.05) is 759 Å². The van der Waals surface area contributed by atoms with Crippen molar-refractivity contribution in [3.05, 3.63) is 142 Å². The molecule has 0 aliphatic heterocycles. The van der Waals surface area contributed by atoms with Gasteiger partial charge >= 0.3 is 301 Å². The SMILES string of the molecule is C=C(C)C(F)(F)F.C=NC#N.C=O.C=S.[C-]#[N+]C(=C)C#N.[C-]#[N+]C(=C)C(=O)O.[C-]#[N+]C(=C)C(F)(F)F.[C-]#[N+][C-]=C.[C-]#[N+][C](=[U]=[CH2])C(=O)O.[C-]#[N+][C](=[U]=[CH2])C(F)(F)F.[C-]#[N+][C](C#N)=[U]=[CH2].[CH2]=[U]=[C](C)C(F)(F)F.[CH2]=[U]=[N]C#N.[U].[U].[U].[U].[U].[U].[U].[U].[U].[U].[U].[U].[U].[U].[U].[U].[U].[U].[U].[U].[U].[U].[U].[U]. The summed E-state index contributed by atoms with van der Waals surface area (Å²) in [5.74, 6) is 0.500. The number of carbonyl (C=O) groups is 3. The van der Waals surface area contributed by atoms with E-state index in [1.807, 2.05) is 13.0 Å². The number of aliphatic imine (C=N–C) groups is 1. The number of thiocarbonyl (C=S) groups is 1. The van der Waals surface area contributed by atoms with Gasteiger partial charge in [-0.3, -0.25) is 11.4 Å². The van der Waals surface area contributed by atoms with Gasteiger partial charge in [0.15, 0.2) is 0 Å². The molecule has 0 fully saturated rings. The molecule has 0 aromatic heterocycles. The fourth-order valence-electron chi connectivity index (χ4n) is 0.742. The van der Waals surface area contributed by atoms with Gasteiger partial charge in [-0.25, -0.2) is 26.4 Å². The van der Waals surface area contributed by atoms with Crippen LogP contribution < -0.4 is 0 Å². The van der Waals surface area contributed by atoms with Crippen LogP contribution in [0.5, 0.6) is 0 Å². The van der Waals surface area contributed by atoms with Crippen molar-refractivity contribution in [1.29, 1.82) is 21.0 Å². The van der Waals surface area contributed by atoms with E-state index in [1.54, 1.807) is 18.3 Å². The van der Waals surface area contributed by atoms with Crippen molar-refractivity contribution in [1.82, 2.24) is 0 Å². The summed E-state index contributed by atoms with van der Waals surface area (Å²) in [4.78, 5) is 48.4. The monoisotopic (exact) mass is 7950 g/mol. The van der Waals surface area contributed by atoms with Crippen molar-refractivity contribution in [3.8, 4) is 24.5 Å². The first-order chi connectivity index (χ1) is 35.2. The number of alkyl halides is 12. The molecule has 0 bridgehead atoms. The number of aliphatic carboxylic acids is 2. The number of allylic oxidation sites excluding steroid dienone is 3. The third-order valence-electron chi connectivity index (χ3n) is 3.98. The molecule has 0 rings (SSSR count). The van der Waals surface area contributed by atoms with Crippen molar-refractivity contribution in [2.75, 3.05) is 0 Å². The van der Waals surface area contributed by atoms with E-state index in [9.17, 15) is 62.3 Å². The van der Waals surface area contributed by atoms with E-state index in [2.05, 4.69) is 117 Å². The average molecular weight is 7950 g/mol. The number of hydrogen-bond donors (Lipinski definition) is 2. The maximum Gasteiger partial charge on any atom is 0 e. The number of nitrogens with zero attached hydrogens (tertiary/aromatic N) is 13. The van der Waals surface area contributed by atoms with Crippen LogP contribution in [-0.2, 0) is 14.4 Å². The molecule has 0 aromatic carbocycles. The largest absolute Gasteiger partial charge is 0 e. The van der Waals surface area contributed by atoms with Crippen LogP contribution in [0, 0.1) is 978 Å². The van der Waals surface area contributed by atoms with Crippen LogP contribution in [0.15, 0.2) is 62.8 Å². The molecule has 500 valence electrons. The Morgan fingerprint density at radius 3 is 0.762 bits per heavy atom. The predicted octanol–water partition coefficient (Wildman–Crippen LogP) is 9.26. The molecule has 60 heteroatoms. The molecule has 0 saturated carbocycles. The Balaban J connectivity index is -0.0000000124. The second kappa shape index (κ2) is 196. The summed E-state index contributed by atoms with van der Waals surface area (Å²) in [7, 11) is 0. The van der Waals surface area contributed by atoms with E-state index in [0.29, 0.717) is 2.65 Å². The average Bonchev–Trinajstić information content (AvgIpc) is 3.38. The molecular formula is C41H34F12N13O5SU29-. The minimum Gasteiger partial charge on any atom is 0 e. The number of carbonyl (C=O) groups excluding carboxylic acids is 1. The Labute approximate surface area is 1230 Å². The Morgan fingerprint density at radius 2 is 0.762 bits per heavy atom. The van der Waals surface area contributed by atoms with E-state index >= 15 is 0 Å². The Bertz CT molecular complexity index is 2730. The number of carboxylic acids is 2. The summed E-state index contributed by atoms with van der Waals surface area (Å²) >= 11 is -3.90. The normalized spacial score (nSPS) is 5.46. The molecule has 2 N–H and O–H groups in total. The third-order valence-corrected chi connectivity index (χ3v) is 16.6. The van der Waals surface area contributed by atoms with Crippen LogP contribution in [0.25, 0.3) is 33.9 Å². The minimum atomic E-state index is -4.54.